The number of hydrogen-bond acceptors (Lipinski definition) is 2. The number of ether oxygens (including phenoxy) is 1. The molecule has 23 heavy (non-hydrogen) atoms. The largest absolute Gasteiger partial charge is 0.494 e. The van der Waals surface area contributed by atoms with Crippen LogP contribution in [0.1, 0.15) is 24.5 Å². The minimum Gasteiger partial charge on any atom is -0.494 e. The fraction of sp³-hybridized carbons (Fsp3) is 0.316. The highest BCUT2D eigenvalue weighted by Gasteiger charge is 2.03. The third-order valence-corrected chi connectivity index (χ3v) is 3.69. The van der Waals surface area contributed by atoms with Gasteiger partial charge in [0.1, 0.15) is 5.75 Å². The number of carbonyl (C=O) groups is 1. The van der Waals surface area contributed by atoms with Gasteiger partial charge in [0.05, 0.1) is 13.0 Å². The molecule has 0 saturated heterocycles. The molecule has 0 unspecified atom stereocenters. The summed E-state index contributed by atoms with van der Waals surface area (Å²) in [7, 11) is 0. The van der Waals surface area contributed by atoms with Crippen molar-refractivity contribution in [1.29, 1.82) is 0 Å². The van der Waals surface area contributed by atoms with Gasteiger partial charge in [0.2, 0.25) is 5.91 Å². The smallest absolute Gasteiger partial charge is 0.224 e. The number of nitrogens with one attached hydrogen (secondary N) is 1. The van der Waals surface area contributed by atoms with Crippen LogP contribution in [0, 0.1) is 0 Å². The van der Waals surface area contributed by atoms with Crippen LogP contribution in [0.25, 0.3) is 0 Å². The van der Waals surface area contributed by atoms with Gasteiger partial charge in [0, 0.05) is 11.6 Å². The standard InChI is InChI=1S/C19H22ClNO2/c1-2-23-18-10-8-15(9-11-18)6-4-12-21-19(22)14-16-5-3-7-17(20)13-16/h3,5,7-11,13H,2,4,6,12,14H2,1H3,(H,21,22). The molecule has 0 heterocycles. The van der Waals surface area contributed by atoms with E-state index >= 15 is 0 Å². The molecule has 0 radical (unpaired) electrons. The van der Waals surface area contributed by atoms with Crippen molar-refractivity contribution in [2.45, 2.75) is 26.2 Å². The first kappa shape index (κ1) is 17.4. The third kappa shape index (κ3) is 6.33. The van der Waals surface area contributed by atoms with E-state index in [1.54, 1.807) is 6.07 Å². The molecule has 2 rings (SSSR count). The number of halogens is 1. The highest BCUT2D eigenvalue weighted by molar-refractivity contribution is 6.30. The van der Waals surface area contributed by atoms with Gasteiger partial charge in [-0.15, -0.1) is 0 Å². The molecular weight excluding hydrogens is 310 g/mol. The summed E-state index contributed by atoms with van der Waals surface area (Å²) in [6.07, 6.45) is 2.21. The van der Waals surface area contributed by atoms with Crippen LogP contribution in [0.3, 0.4) is 0 Å². The van der Waals surface area contributed by atoms with Crippen LogP contribution >= 0.6 is 11.6 Å². The van der Waals surface area contributed by atoms with Gasteiger partial charge >= 0.3 is 0 Å². The van der Waals surface area contributed by atoms with Crippen LogP contribution in [0.15, 0.2) is 48.5 Å². The van der Waals surface area contributed by atoms with E-state index in [0.29, 0.717) is 24.6 Å². The summed E-state index contributed by atoms with van der Waals surface area (Å²) in [5, 5.41) is 3.60. The number of aryl methyl sites for hydroxylation is 1. The van der Waals surface area contributed by atoms with Gasteiger partial charge in [-0.2, -0.15) is 0 Å². The predicted molar refractivity (Wildman–Crippen MR) is 94.1 cm³/mol. The SMILES string of the molecule is CCOc1ccc(CCCNC(=O)Cc2cccc(Cl)c2)cc1. The number of rotatable bonds is 8. The lowest BCUT2D eigenvalue weighted by molar-refractivity contribution is -0.120. The minimum atomic E-state index is 0.0268. The monoisotopic (exact) mass is 331 g/mol. The molecule has 1 amide bonds. The molecule has 1 N–H and O–H groups in total. The topological polar surface area (TPSA) is 38.3 Å². The second kappa shape index (κ2) is 9.21. The fourth-order valence-corrected chi connectivity index (χ4v) is 2.55. The van der Waals surface area contributed by atoms with E-state index in [2.05, 4.69) is 17.4 Å². The molecule has 0 fully saturated rings. The summed E-state index contributed by atoms with van der Waals surface area (Å²) >= 11 is 5.91. The van der Waals surface area contributed by atoms with Crippen LogP contribution in [0.4, 0.5) is 0 Å². The second-order valence-corrected chi connectivity index (χ2v) is 5.77. The molecule has 0 atom stereocenters. The Hall–Kier alpha value is -2.00. The zero-order chi connectivity index (χ0) is 16.5. The summed E-state index contributed by atoms with van der Waals surface area (Å²) in [5.74, 6) is 0.921. The maximum absolute atomic E-state index is 11.9. The molecule has 0 aliphatic heterocycles. The fourth-order valence-electron chi connectivity index (χ4n) is 2.33. The average Bonchev–Trinajstić information content (AvgIpc) is 2.53. The van der Waals surface area contributed by atoms with E-state index in [4.69, 9.17) is 16.3 Å². The Kier molecular flexibility index (Phi) is 6.95. The van der Waals surface area contributed by atoms with Gasteiger partial charge in [-0.05, 0) is 55.2 Å². The zero-order valence-corrected chi connectivity index (χ0v) is 14.1. The van der Waals surface area contributed by atoms with Crippen molar-refractivity contribution in [2.24, 2.45) is 0 Å². The second-order valence-electron chi connectivity index (χ2n) is 5.34. The molecule has 0 bridgehead atoms. The maximum atomic E-state index is 11.9. The third-order valence-electron chi connectivity index (χ3n) is 3.45. The highest BCUT2D eigenvalue weighted by atomic mass is 35.5. The zero-order valence-electron chi connectivity index (χ0n) is 13.3. The van der Waals surface area contributed by atoms with Gasteiger partial charge in [0.15, 0.2) is 0 Å². The first-order valence-corrected chi connectivity index (χ1v) is 8.28. The average molecular weight is 332 g/mol. The summed E-state index contributed by atoms with van der Waals surface area (Å²) < 4.78 is 5.42. The van der Waals surface area contributed by atoms with E-state index in [0.717, 1.165) is 24.2 Å². The van der Waals surface area contributed by atoms with Crippen LogP contribution in [0.2, 0.25) is 5.02 Å². The lowest BCUT2D eigenvalue weighted by atomic mass is 10.1. The van der Waals surface area contributed by atoms with E-state index in [-0.39, 0.29) is 5.91 Å². The van der Waals surface area contributed by atoms with Crippen molar-refractivity contribution in [2.75, 3.05) is 13.2 Å². The predicted octanol–water partition coefficient (Wildman–Crippen LogP) is 4.03. The van der Waals surface area contributed by atoms with E-state index in [1.807, 2.05) is 37.3 Å². The molecule has 0 aliphatic rings. The summed E-state index contributed by atoms with van der Waals surface area (Å²) in [4.78, 5) is 11.9. The Labute approximate surface area is 142 Å². The van der Waals surface area contributed by atoms with Crippen LogP contribution in [0.5, 0.6) is 5.75 Å². The first-order valence-electron chi connectivity index (χ1n) is 7.90. The molecule has 3 nitrogen and oxygen atoms in total. The Morgan fingerprint density at radius 3 is 2.61 bits per heavy atom. The molecule has 0 spiro atoms. The molecule has 0 aromatic heterocycles. The molecule has 4 heteroatoms. The minimum absolute atomic E-state index is 0.0268. The number of carbonyl (C=O) groups excluding carboxylic acids is 1. The van der Waals surface area contributed by atoms with E-state index in [1.165, 1.54) is 5.56 Å². The molecule has 0 saturated carbocycles. The van der Waals surface area contributed by atoms with Crippen molar-refractivity contribution >= 4 is 17.5 Å². The van der Waals surface area contributed by atoms with Gasteiger partial charge < -0.3 is 10.1 Å². The first-order chi connectivity index (χ1) is 11.2. The van der Waals surface area contributed by atoms with Crippen molar-refractivity contribution in [3.63, 3.8) is 0 Å². The van der Waals surface area contributed by atoms with Crippen LogP contribution in [-0.4, -0.2) is 19.1 Å². The van der Waals surface area contributed by atoms with Gasteiger partial charge in [0.25, 0.3) is 0 Å². The van der Waals surface area contributed by atoms with Gasteiger partial charge in [-0.1, -0.05) is 35.9 Å². The molecule has 2 aromatic rings. The normalized spacial score (nSPS) is 10.3. The lowest BCUT2D eigenvalue weighted by Gasteiger charge is -2.07. The summed E-state index contributed by atoms with van der Waals surface area (Å²) in [6, 6.07) is 15.5. The molecule has 122 valence electrons. The van der Waals surface area contributed by atoms with Crippen molar-refractivity contribution in [3.05, 3.63) is 64.7 Å². The molecule has 2 aromatic carbocycles. The molecule has 0 aliphatic carbocycles. The Bertz CT molecular complexity index is 626. The van der Waals surface area contributed by atoms with Crippen LogP contribution < -0.4 is 10.1 Å². The van der Waals surface area contributed by atoms with Crippen molar-refractivity contribution in [3.8, 4) is 5.75 Å². The Morgan fingerprint density at radius 1 is 1.13 bits per heavy atom. The van der Waals surface area contributed by atoms with Crippen molar-refractivity contribution in [1.82, 2.24) is 5.32 Å². The highest BCUT2D eigenvalue weighted by Crippen LogP contribution is 2.13. The quantitative estimate of drug-likeness (QED) is 0.742. The van der Waals surface area contributed by atoms with E-state index < -0.39 is 0 Å². The van der Waals surface area contributed by atoms with Gasteiger partial charge in [-0.3, -0.25) is 4.79 Å². The van der Waals surface area contributed by atoms with Crippen LogP contribution in [-0.2, 0) is 17.6 Å². The maximum Gasteiger partial charge on any atom is 0.224 e. The van der Waals surface area contributed by atoms with Crippen molar-refractivity contribution < 1.29 is 9.53 Å². The lowest BCUT2D eigenvalue weighted by Crippen LogP contribution is -2.26. The van der Waals surface area contributed by atoms with E-state index in [9.17, 15) is 4.79 Å². The number of hydrogen-bond donors (Lipinski definition) is 1. The van der Waals surface area contributed by atoms with Gasteiger partial charge in [-0.25, -0.2) is 0 Å². The Balaban J connectivity index is 1.67. The number of benzene rings is 2. The molecular formula is C19H22ClNO2. The number of amides is 1. The summed E-state index contributed by atoms with van der Waals surface area (Å²) in [5.41, 5.74) is 2.18. The summed E-state index contributed by atoms with van der Waals surface area (Å²) in [6.45, 7) is 3.32. The Morgan fingerprint density at radius 2 is 1.91 bits per heavy atom.